The highest BCUT2D eigenvalue weighted by Gasteiger charge is 2.34. The molecule has 4 nitrogen and oxygen atoms in total. The van der Waals surface area contributed by atoms with Crippen LogP contribution in [0.3, 0.4) is 0 Å². The quantitative estimate of drug-likeness (QED) is 0.910. The highest BCUT2D eigenvalue weighted by molar-refractivity contribution is 5.59. The fourth-order valence-electron chi connectivity index (χ4n) is 4.31. The number of methoxy groups -OCH3 is 1. The number of fused-ring (bicyclic) bond motifs is 2. The van der Waals surface area contributed by atoms with E-state index in [2.05, 4.69) is 29.2 Å². The average Bonchev–Trinajstić information content (AvgIpc) is 2.76. The van der Waals surface area contributed by atoms with Crippen molar-refractivity contribution in [2.24, 2.45) is 0 Å². The minimum absolute atomic E-state index is 0.126. The van der Waals surface area contributed by atoms with E-state index in [0.717, 1.165) is 24.9 Å². The third-order valence-electron chi connectivity index (χ3n) is 5.40. The fourth-order valence-corrected chi connectivity index (χ4v) is 4.31. The maximum absolute atomic E-state index is 10.7. The van der Waals surface area contributed by atoms with Gasteiger partial charge in [0.25, 0.3) is 0 Å². The second kappa shape index (κ2) is 6.11. The molecule has 4 rings (SSSR count). The summed E-state index contributed by atoms with van der Waals surface area (Å²) < 4.78 is 5.41. The molecule has 126 valence electrons. The Balaban J connectivity index is 1.93. The van der Waals surface area contributed by atoms with Gasteiger partial charge in [-0.05, 0) is 41.2 Å². The molecule has 1 atom stereocenters. The van der Waals surface area contributed by atoms with Gasteiger partial charge in [0.1, 0.15) is 0 Å². The first-order valence-corrected chi connectivity index (χ1v) is 8.55. The zero-order chi connectivity index (χ0) is 16.7. The molecule has 0 spiro atoms. The van der Waals surface area contributed by atoms with Crippen molar-refractivity contribution in [3.8, 4) is 11.5 Å². The van der Waals surface area contributed by atoms with Gasteiger partial charge in [-0.2, -0.15) is 0 Å². The Bertz CT molecular complexity index is 772. The van der Waals surface area contributed by atoms with E-state index in [1.807, 2.05) is 6.07 Å². The van der Waals surface area contributed by atoms with Crippen LogP contribution in [-0.4, -0.2) is 41.9 Å². The summed E-state index contributed by atoms with van der Waals surface area (Å²) in [6, 6.07) is 10.6. The number of aromatic hydroxyl groups is 1. The van der Waals surface area contributed by atoms with Gasteiger partial charge in [-0.25, -0.2) is 0 Å². The minimum Gasteiger partial charge on any atom is -0.504 e. The van der Waals surface area contributed by atoms with Crippen LogP contribution in [0.5, 0.6) is 11.5 Å². The molecule has 0 saturated heterocycles. The number of hydrogen-bond donors (Lipinski definition) is 2. The van der Waals surface area contributed by atoms with Crippen molar-refractivity contribution < 1.29 is 14.9 Å². The van der Waals surface area contributed by atoms with Crippen molar-refractivity contribution in [1.29, 1.82) is 0 Å². The van der Waals surface area contributed by atoms with Crippen molar-refractivity contribution in [1.82, 2.24) is 4.90 Å². The van der Waals surface area contributed by atoms with Crippen LogP contribution in [0.4, 0.5) is 0 Å². The molecule has 2 aromatic rings. The van der Waals surface area contributed by atoms with Crippen LogP contribution in [0, 0.1) is 0 Å². The summed E-state index contributed by atoms with van der Waals surface area (Å²) in [6.45, 7) is 2.28. The number of phenolic OH excluding ortho intramolecular Hbond substituents is 1. The monoisotopic (exact) mass is 325 g/mol. The van der Waals surface area contributed by atoms with Crippen LogP contribution in [0.2, 0.25) is 0 Å². The second-order valence-electron chi connectivity index (χ2n) is 6.69. The molecule has 4 heteroatoms. The molecular weight excluding hydrogens is 302 g/mol. The van der Waals surface area contributed by atoms with Crippen LogP contribution in [0.15, 0.2) is 30.3 Å². The predicted molar refractivity (Wildman–Crippen MR) is 92.7 cm³/mol. The number of benzene rings is 2. The van der Waals surface area contributed by atoms with Crippen molar-refractivity contribution in [3.63, 3.8) is 0 Å². The van der Waals surface area contributed by atoms with Gasteiger partial charge in [-0.3, -0.25) is 4.90 Å². The largest absolute Gasteiger partial charge is 0.504 e. The zero-order valence-electron chi connectivity index (χ0n) is 14.0. The molecule has 2 aliphatic rings. The normalized spacial score (nSPS) is 19.3. The first-order chi connectivity index (χ1) is 11.7. The van der Waals surface area contributed by atoms with Gasteiger partial charge in [0.15, 0.2) is 11.5 Å². The Labute approximate surface area is 142 Å². The van der Waals surface area contributed by atoms with Gasteiger partial charge in [-0.1, -0.05) is 24.3 Å². The number of rotatable bonds is 3. The number of phenols is 1. The van der Waals surface area contributed by atoms with Crippen LogP contribution < -0.4 is 4.74 Å². The lowest BCUT2D eigenvalue weighted by atomic mass is 9.81. The smallest absolute Gasteiger partial charge is 0.162 e. The van der Waals surface area contributed by atoms with E-state index in [-0.39, 0.29) is 18.3 Å². The third kappa shape index (κ3) is 2.38. The summed E-state index contributed by atoms with van der Waals surface area (Å²) in [7, 11) is 1.60. The molecule has 0 saturated carbocycles. The van der Waals surface area contributed by atoms with E-state index in [1.165, 1.54) is 22.3 Å². The van der Waals surface area contributed by atoms with Gasteiger partial charge >= 0.3 is 0 Å². The number of ether oxygens (including phenoxy) is 1. The van der Waals surface area contributed by atoms with Gasteiger partial charge < -0.3 is 14.9 Å². The minimum atomic E-state index is 0.126. The number of aliphatic hydroxyl groups excluding tert-OH is 1. The Hall–Kier alpha value is -2.04. The summed E-state index contributed by atoms with van der Waals surface area (Å²) in [4.78, 5) is 2.22. The predicted octanol–water partition coefficient (Wildman–Crippen LogP) is 2.44. The van der Waals surface area contributed by atoms with Crippen molar-refractivity contribution in [3.05, 3.63) is 58.1 Å². The van der Waals surface area contributed by atoms with E-state index in [1.54, 1.807) is 7.11 Å². The van der Waals surface area contributed by atoms with Gasteiger partial charge in [0.2, 0.25) is 0 Å². The molecule has 1 aliphatic heterocycles. The fraction of sp³-hybridized carbons (Fsp3) is 0.400. The molecule has 2 aromatic carbocycles. The lowest BCUT2D eigenvalue weighted by Gasteiger charge is -2.36. The highest BCUT2D eigenvalue weighted by Crippen LogP contribution is 2.46. The summed E-state index contributed by atoms with van der Waals surface area (Å²) in [5, 5.41) is 20.1. The number of aliphatic hydroxyl groups is 1. The van der Waals surface area contributed by atoms with Gasteiger partial charge in [0.05, 0.1) is 13.7 Å². The van der Waals surface area contributed by atoms with Crippen LogP contribution in [0.1, 0.15) is 33.7 Å². The van der Waals surface area contributed by atoms with E-state index in [0.29, 0.717) is 18.8 Å². The maximum Gasteiger partial charge on any atom is 0.162 e. The lowest BCUT2D eigenvalue weighted by Crippen LogP contribution is -2.36. The third-order valence-corrected chi connectivity index (χ3v) is 5.40. The summed E-state index contributed by atoms with van der Waals surface area (Å²) in [6.07, 6.45) is 1.97. The topological polar surface area (TPSA) is 52.9 Å². The molecule has 0 radical (unpaired) electrons. The standard InChI is InChI=1S/C20H23NO3/c1-24-18-10-14-7-6-13-4-2-3-5-15(13)16-11-21(8-9-22)12-17(19(14)16)20(18)23/h2-5,10,16,22-23H,6-9,11-12H2,1H3. The Kier molecular flexibility index (Phi) is 3.94. The number of hydrogen-bond acceptors (Lipinski definition) is 4. The SMILES string of the molecule is COc1cc2c3c(c1O)CN(CCO)CC3c1ccccc1CC2. The number of nitrogens with zero attached hydrogens (tertiary/aromatic N) is 1. The van der Waals surface area contributed by atoms with Crippen LogP contribution in [0.25, 0.3) is 0 Å². The van der Waals surface area contributed by atoms with Crippen molar-refractivity contribution in [2.75, 3.05) is 26.8 Å². The number of aryl methyl sites for hydroxylation is 2. The van der Waals surface area contributed by atoms with Gasteiger partial charge in [0, 0.05) is 31.1 Å². The molecule has 0 bridgehead atoms. The molecular formula is C20H23NO3. The van der Waals surface area contributed by atoms with E-state index in [4.69, 9.17) is 4.74 Å². The van der Waals surface area contributed by atoms with E-state index < -0.39 is 0 Å². The second-order valence-corrected chi connectivity index (χ2v) is 6.69. The van der Waals surface area contributed by atoms with E-state index in [9.17, 15) is 10.2 Å². The molecule has 2 N–H and O–H groups in total. The zero-order valence-corrected chi connectivity index (χ0v) is 14.0. The highest BCUT2D eigenvalue weighted by atomic mass is 16.5. The first-order valence-electron chi connectivity index (χ1n) is 8.55. The van der Waals surface area contributed by atoms with Crippen molar-refractivity contribution >= 4 is 0 Å². The molecule has 0 fully saturated rings. The number of β-amino-alcohol motifs (C(OH)–C–C–N with tert-alkyl or cyclic N) is 1. The average molecular weight is 325 g/mol. The summed E-state index contributed by atoms with van der Waals surface area (Å²) in [5.41, 5.74) is 6.25. The Morgan fingerprint density at radius 2 is 2.00 bits per heavy atom. The molecule has 1 heterocycles. The van der Waals surface area contributed by atoms with E-state index >= 15 is 0 Å². The van der Waals surface area contributed by atoms with Crippen molar-refractivity contribution in [2.45, 2.75) is 25.3 Å². The Morgan fingerprint density at radius 1 is 1.21 bits per heavy atom. The maximum atomic E-state index is 10.7. The summed E-state index contributed by atoms with van der Waals surface area (Å²) in [5.74, 6) is 1.05. The molecule has 0 amide bonds. The first kappa shape index (κ1) is 15.5. The Morgan fingerprint density at radius 3 is 2.79 bits per heavy atom. The van der Waals surface area contributed by atoms with Crippen LogP contribution >= 0.6 is 0 Å². The van der Waals surface area contributed by atoms with Gasteiger partial charge in [-0.15, -0.1) is 0 Å². The molecule has 24 heavy (non-hydrogen) atoms. The van der Waals surface area contributed by atoms with Crippen LogP contribution in [-0.2, 0) is 19.4 Å². The lowest BCUT2D eigenvalue weighted by molar-refractivity contribution is 0.175. The molecule has 1 unspecified atom stereocenters. The summed E-state index contributed by atoms with van der Waals surface area (Å²) >= 11 is 0. The molecule has 0 aromatic heterocycles. The molecule has 1 aliphatic carbocycles.